The molecule has 102 valence electrons. The third-order valence-electron chi connectivity index (χ3n) is 4.18. The number of nitrogens with one attached hydrogen (secondary N) is 1. The summed E-state index contributed by atoms with van der Waals surface area (Å²) in [5, 5.41) is 3.72. The van der Waals surface area contributed by atoms with Crippen molar-refractivity contribution in [2.75, 3.05) is 20.1 Å². The molecule has 1 aliphatic carbocycles. The molecule has 0 amide bonds. The predicted molar refractivity (Wildman–Crippen MR) is 76.5 cm³/mol. The van der Waals surface area contributed by atoms with Crippen molar-refractivity contribution in [3.63, 3.8) is 0 Å². The van der Waals surface area contributed by atoms with Crippen LogP contribution in [0, 0.1) is 0 Å². The minimum absolute atomic E-state index is 0.745. The van der Waals surface area contributed by atoms with E-state index in [1.165, 1.54) is 64.5 Å². The summed E-state index contributed by atoms with van der Waals surface area (Å²) in [6, 6.07) is 1.57. The van der Waals surface area contributed by atoms with Crippen molar-refractivity contribution in [2.45, 2.75) is 77.3 Å². The largest absolute Gasteiger partial charge is 0.314 e. The molecule has 1 atom stereocenters. The normalized spacial score (nSPS) is 19.8. The Morgan fingerprint density at radius 2 is 1.94 bits per heavy atom. The molecule has 2 heteroatoms. The van der Waals surface area contributed by atoms with Crippen molar-refractivity contribution < 1.29 is 0 Å². The fraction of sp³-hybridized carbons (Fsp3) is 1.00. The van der Waals surface area contributed by atoms with Crippen LogP contribution in [-0.2, 0) is 0 Å². The van der Waals surface area contributed by atoms with Crippen LogP contribution in [0.25, 0.3) is 0 Å². The topological polar surface area (TPSA) is 15.3 Å². The van der Waals surface area contributed by atoms with E-state index in [2.05, 4.69) is 31.1 Å². The van der Waals surface area contributed by atoms with Gasteiger partial charge in [-0.15, -0.1) is 0 Å². The van der Waals surface area contributed by atoms with E-state index in [0.717, 1.165) is 12.1 Å². The average molecular weight is 240 g/mol. The highest BCUT2D eigenvalue weighted by Gasteiger charge is 2.12. The lowest BCUT2D eigenvalue weighted by Gasteiger charge is -2.26. The van der Waals surface area contributed by atoms with Crippen LogP contribution < -0.4 is 5.32 Å². The minimum Gasteiger partial charge on any atom is -0.314 e. The molecule has 0 heterocycles. The second-order valence-electron chi connectivity index (χ2n) is 5.76. The summed E-state index contributed by atoms with van der Waals surface area (Å²) >= 11 is 0. The highest BCUT2D eigenvalue weighted by atomic mass is 15.1. The maximum absolute atomic E-state index is 3.72. The van der Waals surface area contributed by atoms with E-state index in [1.54, 1.807) is 0 Å². The van der Waals surface area contributed by atoms with Gasteiger partial charge in [-0.3, -0.25) is 0 Å². The summed E-state index contributed by atoms with van der Waals surface area (Å²) in [4.78, 5) is 2.51. The molecule has 0 aromatic carbocycles. The van der Waals surface area contributed by atoms with Crippen molar-refractivity contribution >= 4 is 0 Å². The Labute approximate surface area is 108 Å². The molecule has 0 aliphatic heterocycles. The second kappa shape index (κ2) is 8.93. The van der Waals surface area contributed by atoms with Crippen LogP contribution in [0.4, 0.5) is 0 Å². The molecule has 1 fully saturated rings. The molecule has 0 radical (unpaired) electrons. The van der Waals surface area contributed by atoms with Gasteiger partial charge in [0.25, 0.3) is 0 Å². The number of hydrogen-bond acceptors (Lipinski definition) is 2. The summed E-state index contributed by atoms with van der Waals surface area (Å²) < 4.78 is 0. The Morgan fingerprint density at radius 1 is 1.24 bits per heavy atom. The van der Waals surface area contributed by atoms with Gasteiger partial charge in [0.15, 0.2) is 0 Å². The van der Waals surface area contributed by atoms with Crippen LogP contribution in [0.2, 0.25) is 0 Å². The third-order valence-corrected chi connectivity index (χ3v) is 4.18. The first-order valence-electron chi connectivity index (χ1n) is 7.67. The maximum atomic E-state index is 3.72. The predicted octanol–water partition coefficient (Wildman–Crippen LogP) is 3.42. The molecule has 1 N–H and O–H groups in total. The average Bonchev–Trinajstić information content (AvgIpc) is 2.36. The van der Waals surface area contributed by atoms with E-state index in [4.69, 9.17) is 0 Å². The quantitative estimate of drug-likeness (QED) is 0.654. The van der Waals surface area contributed by atoms with Gasteiger partial charge in [0.1, 0.15) is 0 Å². The highest BCUT2D eigenvalue weighted by molar-refractivity contribution is 4.72. The molecule has 0 aromatic rings. The van der Waals surface area contributed by atoms with E-state index >= 15 is 0 Å². The van der Waals surface area contributed by atoms with Gasteiger partial charge < -0.3 is 10.2 Å². The molecule has 1 saturated carbocycles. The smallest absolute Gasteiger partial charge is 0.00670 e. The Hall–Kier alpha value is -0.0800. The Bertz CT molecular complexity index is 176. The first kappa shape index (κ1) is 15.0. The molecule has 0 bridgehead atoms. The molecule has 0 saturated heterocycles. The standard InChI is InChI=1S/C15H32N2/c1-4-9-14(2)17(3)13-8-12-16-15-10-6-5-7-11-15/h14-16H,4-13H2,1-3H3. The molecule has 1 unspecified atom stereocenters. The second-order valence-corrected chi connectivity index (χ2v) is 5.76. The summed E-state index contributed by atoms with van der Waals surface area (Å²) in [7, 11) is 2.26. The van der Waals surface area contributed by atoms with Gasteiger partial charge in [-0.05, 0) is 52.7 Å². The zero-order chi connectivity index (χ0) is 12.5. The van der Waals surface area contributed by atoms with Crippen molar-refractivity contribution in [1.82, 2.24) is 10.2 Å². The summed E-state index contributed by atoms with van der Waals surface area (Å²) in [6.45, 7) is 7.06. The fourth-order valence-corrected chi connectivity index (χ4v) is 2.80. The minimum atomic E-state index is 0.745. The van der Waals surface area contributed by atoms with Gasteiger partial charge in [0.05, 0.1) is 0 Å². The maximum Gasteiger partial charge on any atom is 0.00670 e. The van der Waals surface area contributed by atoms with E-state index in [9.17, 15) is 0 Å². The molecule has 2 nitrogen and oxygen atoms in total. The lowest BCUT2D eigenvalue weighted by atomic mass is 9.95. The number of rotatable bonds is 8. The summed E-state index contributed by atoms with van der Waals surface area (Å²) in [5.74, 6) is 0. The molecular weight excluding hydrogens is 208 g/mol. The zero-order valence-corrected chi connectivity index (χ0v) is 12.2. The molecule has 17 heavy (non-hydrogen) atoms. The van der Waals surface area contributed by atoms with Crippen LogP contribution in [0.1, 0.15) is 65.2 Å². The van der Waals surface area contributed by atoms with Gasteiger partial charge in [-0.1, -0.05) is 32.6 Å². The molecule has 1 aliphatic rings. The van der Waals surface area contributed by atoms with Crippen LogP contribution in [0.3, 0.4) is 0 Å². The van der Waals surface area contributed by atoms with E-state index in [1.807, 2.05) is 0 Å². The van der Waals surface area contributed by atoms with Gasteiger partial charge in [0, 0.05) is 12.1 Å². The van der Waals surface area contributed by atoms with Crippen LogP contribution >= 0.6 is 0 Å². The summed E-state index contributed by atoms with van der Waals surface area (Å²) in [5.41, 5.74) is 0. The first-order valence-corrected chi connectivity index (χ1v) is 7.67. The van der Waals surface area contributed by atoms with E-state index in [0.29, 0.717) is 0 Å². The molecule has 0 spiro atoms. The van der Waals surface area contributed by atoms with Crippen LogP contribution in [-0.4, -0.2) is 37.1 Å². The lowest BCUT2D eigenvalue weighted by Crippen LogP contribution is -2.35. The van der Waals surface area contributed by atoms with E-state index < -0.39 is 0 Å². The van der Waals surface area contributed by atoms with Crippen LogP contribution in [0.5, 0.6) is 0 Å². The summed E-state index contributed by atoms with van der Waals surface area (Å²) in [6.07, 6.45) is 11.1. The van der Waals surface area contributed by atoms with Crippen molar-refractivity contribution in [3.8, 4) is 0 Å². The zero-order valence-electron chi connectivity index (χ0n) is 12.2. The number of nitrogens with zero attached hydrogens (tertiary/aromatic N) is 1. The number of hydrogen-bond donors (Lipinski definition) is 1. The third kappa shape index (κ3) is 6.42. The Morgan fingerprint density at radius 3 is 2.59 bits per heavy atom. The Balaban J connectivity index is 1.99. The lowest BCUT2D eigenvalue weighted by molar-refractivity contribution is 0.238. The SMILES string of the molecule is CCCC(C)N(C)CCCNC1CCCCC1. The van der Waals surface area contributed by atoms with Gasteiger partial charge in [-0.25, -0.2) is 0 Å². The first-order chi connectivity index (χ1) is 8.24. The Kier molecular flexibility index (Phi) is 7.87. The van der Waals surface area contributed by atoms with Crippen molar-refractivity contribution in [3.05, 3.63) is 0 Å². The molecule has 0 aromatic heterocycles. The van der Waals surface area contributed by atoms with Gasteiger partial charge in [-0.2, -0.15) is 0 Å². The van der Waals surface area contributed by atoms with Gasteiger partial charge >= 0.3 is 0 Å². The highest BCUT2D eigenvalue weighted by Crippen LogP contribution is 2.17. The molecule has 1 rings (SSSR count). The van der Waals surface area contributed by atoms with E-state index in [-0.39, 0.29) is 0 Å². The fourth-order valence-electron chi connectivity index (χ4n) is 2.80. The van der Waals surface area contributed by atoms with Crippen molar-refractivity contribution in [1.29, 1.82) is 0 Å². The monoisotopic (exact) mass is 240 g/mol. The van der Waals surface area contributed by atoms with Crippen LogP contribution in [0.15, 0.2) is 0 Å². The molecular formula is C15H32N2. The van der Waals surface area contributed by atoms with Gasteiger partial charge in [0.2, 0.25) is 0 Å². The van der Waals surface area contributed by atoms with Crippen molar-refractivity contribution in [2.24, 2.45) is 0 Å².